The Hall–Kier alpha value is -0.730. The van der Waals surface area contributed by atoms with Gasteiger partial charge in [-0.2, -0.15) is 0 Å². The molecular formula is C10H19NO6. The summed E-state index contributed by atoms with van der Waals surface area (Å²) in [6.45, 7) is -4.21. The zero-order valence-electron chi connectivity index (χ0n) is 15.7. The summed E-state index contributed by atoms with van der Waals surface area (Å²) < 4.78 is 55.5. The first-order chi connectivity index (χ1) is 10.7. The maximum Gasteiger partial charge on any atom is 0.220 e. The van der Waals surface area contributed by atoms with Crippen LogP contribution in [0.5, 0.6) is 0 Å². The van der Waals surface area contributed by atoms with Crippen molar-refractivity contribution in [2.24, 2.45) is 0 Å². The number of ether oxygens (including phenoxy) is 1. The van der Waals surface area contributed by atoms with Gasteiger partial charge < -0.3 is 30.5 Å². The zero-order chi connectivity index (χ0) is 19.1. The lowest BCUT2D eigenvalue weighted by molar-refractivity contribution is -0.253. The van der Waals surface area contributed by atoms with Crippen LogP contribution in [0.25, 0.3) is 0 Å². The second kappa shape index (κ2) is 6.27. The number of aliphatic hydroxyl groups excluding tert-OH is 4. The fraction of sp³-hybridized carbons (Fsp3) is 0.900. The Bertz CT molecular complexity index is 473. The van der Waals surface area contributed by atoms with Crippen LogP contribution in [-0.2, 0) is 9.53 Å². The highest BCUT2D eigenvalue weighted by Crippen LogP contribution is 2.19. The summed E-state index contributed by atoms with van der Waals surface area (Å²) in [5, 5.41) is 39.9. The molecular weight excluding hydrogens is 230 g/mol. The van der Waals surface area contributed by atoms with Gasteiger partial charge in [0.2, 0.25) is 5.91 Å². The molecule has 7 heteroatoms. The Morgan fingerprint density at radius 3 is 2.76 bits per heavy atom. The largest absolute Gasteiger partial charge is 0.394 e. The third kappa shape index (κ3) is 3.36. The molecule has 7 nitrogen and oxygen atoms in total. The third-order valence-corrected chi connectivity index (χ3v) is 2.37. The predicted molar refractivity (Wildman–Crippen MR) is 56.8 cm³/mol. The van der Waals surface area contributed by atoms with Crippen molar-refractivity contribution in [2.75, 3.05) is 6.61 Å². The molecule has 1 rings (SSSR count). The second-order valence-corrected chi connectivity index (χ2v) is 3.48. The minimum absolute atomic E-state index is 0.752. The van der Waals surface area contributed by atoms with Gasteiger partial charge in [-0.3, -0.25) is 4.79 Å². The number of aliphatic hydroxyl groups is 4. The first-order valence-electron chi connectivity index (χ1n) is 8.30. The summed E-state index contributed by atoms with van der Waals surface area (Å²) in [5.41, 5.74) is 0. The number of amides is 1. The molecule has 0 aromatic carbocycles. The minimum atomic E-state index is -3.57. The topological polar surface area (TPSA) is 119 Å². The number of carbonyl (C=O) groups is 1. The molecule has 5 atom stereocenters. The maximum atomic E-state index is 12.0. The lowest BCUT2D eigenvalue weighted by Crippen LogP contribution is -2.64. The van der Waals surface area contributed by atoms with E-state index in [1.165, 1.54) is 0 Å². The second-order valence-electron chi connectivity index (χ2n) is 3.48. The van der Waals surface area contributed by atoms with Crippen LogP contribution in [0.2, 0.25) is 0 Å². The van der Waals surface area contributed by atoms with Crippen molar-refractivity contribution in [3.63, 3.8) is 0 Å². The summed E-state index contributed by atoms with van der Waals surface area (Å²) in [6, 6.07) is -1.77. The van der Waals surface area contributed by atoms with Crippen LogP contribution < -0.4 is 5.32 Å². The Morgan fingerprint density at radius 2 is 2.18 bits per heavy atom. The van der Waals surface area contributed by atoms with E-state index in [0.717, 1.165) is 0 Å². The van der Waals surface area contributed by atoms with E-state index in [9.17, 15) is 20.1 Å². The van der Waals surface area contributed by atoms with Gasteiger partial charge in [-0.25, -0.2) is 0 Å². The van der Waals surface area contributed by atoms with Crippen LogP contribution in [-0.4, -0.2) is 63.6 Å². The standard InChI is InChI=1S/C10H19NO6/c1-2-3-6(13)11-7-9(15)8(14)5(4-12)17-10(7)16/h5,7-10,12,14-16H,2-4H2,1H3,(H,11,13)/t5-,7-,8-,9-,10?/m1/s1/i1D3,2D2,3D2. The van der Waals surface area contributed by atoms with E-state index in [-0.39, 0.29) is 0 Å². The number of rotatable bonds is 4. The molecule has 17 heavy (non-hydrogen) atoms. The summed E-state index contributed by atoms with van der Waals surface area (Å²) in [5.74, 6) is -1.76. The smallest absolute Gasteiger partial charge is 0.220 e. The van der Waals surface area contributed by atoms with Gasteiger partial charge in [-0.15, -0.1) is 0 Å². The van der Waals surface area contributed by atoms with Crippen LogP contribution in [0.15, 0.2) is 0 Å². The first kappa shape index (κ1) is 7.01. The quantitative estimate of drug-likeness (QED) is 0.386. The van der Waals surface area contributed by atoms with E-state index in [1.54, 1.807) is 5.32 Å². The zero-order valence-corrected chi connectivity index (χ0v) is 8.70. The molecule has 0 aromatic heterocycles. The van der Waals surface area contributed by atoms with Gasteiger partial charge in [0.1, 0.15) is 24.4 Å². The molecule has 1 unspecified atom stereocenters. The molecule has 0 saturated carbocycles. The molecule has 5 N–H and O–H groups in total. The fourth-order valence-electron chi connectivity index (χ4n) is 1.50. The summed E-state index contributed by atoms with van der Waals surface area (Å²) in [7, 11) is 0. The fourth-order valence-corrected chi connectivity index (χ4v) is 1.50. The van der Waals surface area contributed by atoms with Gasteiger partial charge in [0.15, 0.2) is 6.29 Å². The van der Waals surface area contributed by atoms with Crippen LogP contribution in [0.1, 0.15) is 29.2 Å². The lowest BCUT2D eigenvalue weighted by atomic mass is 9.97. The van der Waals surface area contributed by atoms with E-state index >= 15 is 0 Å². The van der Waals surface area contributed by atoms with Gasteiger partial charge in [-0.05, 0) is 6.37 Å². The van der Waals surface area contributed by atoms with Crippen molar-refractivity contribution in [1.29, 1.82) is 0 Å². The highest BCUT2D eigenvalue weighted by Gasteiger charge is 2.44. The molecule has 1 heterocycles. The number of carbonyl (C=O) groups excluding carboxylic acids is 1. The van der Waals surface area contributed by atoms with E-state index in [1.807, 2.05) is 0 Å². The Kier molecular flexibility index (Phi) is 2.58. The molecule has 1 amide bonds. The molecule has 1 aliphatic heterocycles. The number of hydrogen-bond donors (Lipinski definition) is 5. The lowest BCUT2D eigenvalue weighted by Gasteiger charge is -2.40. The van der Waals surface area contributed by atoms with Crippen molar-refractivity contribution in [2.45, 2.75) is 50.2 Å². The van der Waals surface area contributed by atoms with Crippen LogP contribution >= 0.6 is 0 Å². The van der Waals surface area contributed by atoms with E-state index in [0.29, 0.717) is 0 Å². The van der Waals surface area contributed by atoms with Crippen molar-refractivity contribution in [1.82, 2.24) is 5.32 Å². The SMILES string of the molecule is [2H]C([2H])([2H])C([2H])([2H])C([2H])([2H])C(=O)N[C@H]1C(O)O[C@H](CO)[C@@H](O)[C@@H]1O. The number of nitrogens with one attached hydrogen (secondary N) is 1. The van der Waals surface area contributed by atoms with Gasteiger partial charge in [0, 0.05) is 16.0 Å². The highest BCUT2D eigenvalue weighted by atomic mass is 16.6. The van der Waals surface area contributed by atoms with Gasteiger partial charge in [0.05, 0.1) is 6.61 Å². The minimum Gasteiger partial charge on any atom is -0.394 e. The van der Waals surface area contributed by atoms with Gasteiger partial charge >= 0.3 is 0 Å². The van der Waals surface area contributed by atoms with E-state index in [2.05, 4.69) is 0 Å². The maximum absolute atomic E-state index is 12.0. The molecule has 0 aliphatic carbocycles. The Labute approximate surface area is 109 Å². The highest BCUT2D eigenvalue weighted by molar-refractivity contribution is 5.76. The van der Waals surface area contributed by atoms with Crippen molar-refractivity contribution in [3.8, 4) is 0 Å². The number of hydrogen-bond acceptors (Lipinski definition) is 6. The first-order valence-corrected chi connectivity index (χ1v) is 4.80. The molecule has 1 aliphatic rings. The molecule has 0 radical (unpaired) electrons. The monoisotopic (exact) mass is 256 g/mol. The average Bonchev–Trinajstić information content (AvgIpc) is 2.45. The molecule has 0 aromatic rings. The van der Waals surface area contributed by atoms with Crippen LogP contribution in [0.3, 0.4) is 0 Å². The third-order valence-electron chi connectivity index (χ3n) is 2.37. The van der Waals surface area contributed by atoms with Crippen molar-refractivity contribution in [3.05, 3.63) is 0 Å². The molecule has 1 fully saturated rings. The summed E-state index contributed by atoms with van der Waals surface area (Å²) in [4.78, 5) is 12.0. The van der Waals surface area contributed by atoms with E-state index < -0.39 is 62.8 Å². The van der Waals surface area contributed by atoms with Crippen molar-refractivity contribution < 1.29 is 39.6 Å². The van der Waals surface area contributed by atoms with Crippen LogP contribution in [0.4, 0.5) is 0 Å². The summed E-state index contributed by atoms with van der Waals surface area (Å²) in [6.07, 6.45) is -14.0. The van der Waals surface area contributed by atoms with E-state index in [4.69, 9.17) is 19.4 Å². The summed E-state index contributed by atoms with van der Waals surface area (Å²) >= 11 is 0. The molecule has 0 spiro atoms. The van der Waals surface area contributed by atoms with Gasteiger partial charge in [-0.1, -0.05) is 6.85 Å². The molecule has 100 valence electrons. The Balaban J connectivity index is 2.98. The Morgan fingerprint density at radius 1 is 1.47 bits per heavy atom. The molecule has 1 saturated heterocycles. The molecule has 0 bridgehead atoms. The van der Waals surface area contributed by atoms with Crippen LogP contribution in [0, 0.1) is 0 Å². The normalized spacial score (nSPS) is 46.4. The average molecular weight is 256 g/mol. The predicted octanol–water partition coefficient (Wildman–Crippen LogP) is -2.30. The van der Waals surface area contributed by atoms with Gasteiger partial charge in [0.25, 0.3) is 0 Å². The van der Waals surface area contributed by atoms with Crippen molar-refractivity contribution >= 4 is 5.91 Å².